The van der Waals surface area contributed by atoms with E-state index < -0.39 is 30.0 Å². The van der Waals surface area contributed by atoms with Crippen molar-refractivity contribution in [1.29, 1.82) is 0 Å². The number of likely N-dealkylation sites (tertiary alicyclic amines) is 1. The van der Waals surface area contributed by atoms with Crippen molar-refractivity contribution in [3.05, 3.63) is 65.7 Å². The zero-order chi connectivity index (χ0) is 27.0. The summed E-state index contributed by atoms with van der Waals surface area (Å²) < 4.78 is 22.3. The van der Waals surface area contributed by atoms with Crippen LogP contribution in [0.4, 0.5) is 0 Å². The molecule has 200 valence electrons. The standard InChI is InChI=1S/C28H30N2O8/c1-16(26(33)17-8-9-21(35-2)22(14-17)36-3)30-13-12-18(15-28(30)37-23(31)10-11-24(32)38-28)25-19-6-4-5-7-20(19)29-27(25)34/h4-11,14,16,18,26,29,33-34H,12-13,15H2,1-3H3. The first kappa shape index (κ1) is 25.6. The number of hydrogen-bond acceptors (Lipinski definition) is 9. The first-order chi connectivity index (χ1) is 18.3. The van der Waals surface area contributed by atoms with E-state index in [4.69, 9.17) is 18.9 Å². The van der Waals surface area contributed by atoms with Crippen molar-refractivity contribution in [3.63, 3.8) is 0 Å². The molecule has 2 aromatic carbocycles. The van der Waals surface area contributed by atoms with Crippen LogP contribution in [-0.4, -0.2) is 64.8 Å². The molecular weight excluding hydrogens is 492 g/mol. The Balaban J connectivity index is 1.52. The summed E-state index contributed by atoms with van der Waals surface area (Å²) >= 11 is 0. The second-order valence-corrected chi connectivity index (χ2v) is 9.50. The zero-order valence-electron chi connectivity index (χ0n) is 21.3. The van der Waals surface area contributed by atoms with Crippen LogP contribution in [0.2, 0.25) is 0 Å². The van der Waals surface area contributed by atoms with Crippen LogP contribution < -0.4 is 9.47 Å². The van der Waals surface area contributed by atoms with Gasteiger partial charge < -0.3 is 34.1 Å². The molecule has 10 nitrogen and oxygen atoms in total. The maximum Gasteiger partial charge on any atom is 0.335 e. The van der Waals surface area contributed by atoms with Gasteiger partial charge in [-0.1, -0.05) is 24.3 Å². The second-order valence-electron chi connectivity index (χ2n) is 9.50. The van der Waals surface area contributed by atoms with Gasteiger partial charge in [0.1, 0.15) is 0 Å². The number of aromatic hydroxyl groups is 1. The Morgan fingerprint density at radius 2 is 1.74 bits per heavy atom. The molecule has 2 aliphatic heterocycles. The van der Waals surface area contributed by atoms with E-state index in [1.807, 2.05) is 24.3 Å². The van der Waals surface area contributed by atoms with Gasteiger partial charge in [-0.15, -0.1) is 0 Å². The molecule has 1 fully saturated rings. The number of aromatic nitrogens is 1. The molecule has 2 aliphatic rings. The molecule has 38 heavy (non-hydrogen) atoms. The fourth-order valence-electron chi connectivity index (χ4n) is 5.54. The van der Waals surface area contributed by atoms with E-state index in [-0.39, 0.29) is 18.2 Å². The Morgan fingerprint density at radius 3 is 2.42 bits per heavy atom. The number of esters is 2. The van der Waals surface area contributed by atoms with E-state index in [1.165, 1.54) is 14.2 Å². The van der Waals surface area contributed by atoms with Gasteiger partial charge in [-0.05, 0) is 43.0 Å². The largest absolute Gasteiger partial charge is 0.494 e. The lowest BCUT2D eigenvalue weighted by molar-refractivity contribution is -0.308. The number of nitrogens with one attached hydrogen (secondary N) is 1. The number of para-hydroxylation sites is 1. The number of carbonyl (C=O) groups is 2. The molecule has 3 aromatic rings. The fraction of sp³-hybridized carbons (Fsp3) is 0.357. The number of aliphatic hydroxyl groups is 1. The lowest BCUT2D eigenvalue weighted by Crippen LogP contribution is -2.61. The summed E-state index contributed by atoms with van der Waals surface area (Å²) in [6.45, 7) is 2.07. The van der Waals surface area contributed by atoms with Gasteiger partial charge in [0.25, 0.3) is 0 Å². The van der Waals surface area contributed by atoms with Crippen molar-refractivity contribution < 1.29 is 38.7 Å². The quantitative estimate of drug-likeness (QED) is 0.416. The topological polar surface area (TPSA) is 131 Å². The maximum atomic E-state index is 12.6. The molecule has 3 N–H and O–H groups in total. The van der Waals surface area contributed by atoms with E-state index in [0.29, 0.717) is 35.6 Å². The highest BCUT2D eigenvalue weighted by Crippen LogP contribution is 2.47. The average molecular weight is 523 g/mol. The molecule has 0 saturated carbocycles. The van der Waals surface area contributed by atoms with Crippen LogP contribution >= 0.6 is 0 Å². The molecule has 0 aliphatic carbocycles. The molecule has 1 saturated heterocycles. The normalized spacial score (nSPS) is 21.0. The van der Waals surface area contributed by atoms with Crippen LogP contribution in [0, 0.1) is 0 Å². The predicted molar refractivity (Wildman–Crippen MR) is 137 cm³/mol. The Hall–Kier alpha value is -4.02. The summed E-state index contributed by atoms with van der Waals surface area (Å²) in [5, 5.41) is 23.0. The average Bonchev–Trinajstić information content (AvgIpc) is 3.18. The molecule has 5 rings (SSSR count). The van der Waals surface area contributed by atoms with Gasteiger partial charge in [0, 0.05) is 47.6 Å². The number of fused-ring (bicyclic) bond motifs is 1. The predicted octanol–water partition coefficient (Wildman–Crippen LogP) is 3.50. The summed E-state index contributed by atoms with van der Waals surface area (Å²) in [5.41, 5.74) is 1.98. The molecule has 1 aromatic heterocycles. The monoisotopic (exact) mass is 522 g/mol. The molecule has 3 heterocycles. The van der Waals surface area contributed by atoms with Gasteiger partial charge >= 0.3 is 17.8 Å². The van der Waals surface area contributed by atoms with Crippen LogP contribution in [-0.2, 0) is 19.1 Å². The summed E-state index contributed by atoms with van der Waals surface area (Å²) in [6.07, 6.45) is 1.60. The number of nitrogens with zero attached hydrogens (tertiary/aromatic N) is 1. The van der Waals surface area contributed by atoms with Crippen molar-refractivity contribution in [1.82, 2.24) is 9.88 Å². The molecular formula is C28H30N2O8. The van der Waals surface area contributed by atoms with Crippen LogP contribution in [0.5, 0.6) is 17.4 Å². The Morgan fingerprint density at radius 1 is 1.05 bits per heavy atom. The first-order valence-corrected chi connectivity index (χ1v) is 12.4. The lowest BCUT2D eigenvalue weighted by Gasteiger charge is -2.49. The fourth-order valence-corrected chi connectivity index (χ4v) is 5.54. The van der Waals surface area contributed by atoms with Crippen LogP contribution in [0.1, 0.15) is 42.9 Å². The lowest BCUT2D eigenvalue weighted by atomic mass is 9.85. The highest BCUT2D eigenvalue weighted by Gasteiger charge is 2.53. The number of ether oxygens (including phenoxy) is 4. The Labute approximate surface area is 219 Å². The summed E-state index contributed by atoms with van der Waals surface area (Å²) in [5.74, 6) is -2.60. The number of benzene rings is 2. The number of hydrogen-bond donors (Lipinski definition) is 3. The maximum absolute atomic E-state index is 12.6. The molecule has 10 heteroatoms. The van der Waals surface area contributed by atoms with Gasteiger partial charge in [0.05, 0.1) is 20.3 Å². The van der Waals surface area contributed by atoms with Crippen molar-refractivity contribution in [2.75, 3.05) is 20.8 Å². The minimum atomic E-state index is -1.80. The third kappa shape index (κ3) is 4.46. The van der Waals surface area contributed by atoms with Gasteiger partial charge in [-0.2, -0.15) is 0 Å². The number of methoxy groups -OCH3 is 2. The van der Waals surface area contributed by atoms with Crippen molar-refractivity contribution in [2.24, 2.45) is 0 Å². The van der Waals surface area contributed by atoms with E-state index in [0.717, 1.165) is 23.1 Å². The third-order valence-electron chi connectivity index (χ3n) is 7.37. The molecule has 0 radical (unpaired) electrons. The van der Waals surface area contributed by atoms with E-state index in [9.17, 15) is 19.8 Å². The summed E-state index contributed by atoms with van der Waals surface area (Å²) in [6, 6.07) is 11.9. The van der Waals surface area contributed by atoms with E-state index in [1.54, 1.807) is 30.0 Å². The minimum absolute atomic E-state index is 0.0163. The summed E-state index contributed by atoms with van der Waals surface area (Å²) in [7, 11) is 3.04. The Bertz CT molecular complexity index is 1380. The summed E-state index contributed by atoms with van der Waals surface area (Å²) in [4.78, 5) is 29.9. The number of aliphatic hydroxyl groups excluding tert-OH is 1. The third-order valence-corrected chi connectivity index (χ3v) is 7.37. The first-order valence-electron chi connectivity index (χ1n) is 12.4. The van der Waals surface area contributed by atoms with Gasteiger partial charge in [-0.25, -0.2) is 14.5 Å². The van der Waals surface area contributed by atoms with Gasteiger partial charge in [0.15, 0.2) is 17.4 Å². The highest BCUT2D eigenvalue weighted by molar-refractivity contribution is 5.93. The number of aromatic amines is 1. The molecule has 0 bridgehead atoms. The molecule has 3 unspecified atom stereocenters. The van der Waals surface area contributed by atoms with Crippen LogP contribution in [0.15, 0.2) is 54.6 Å². The zero-order valence-corrected chi connectivity index (χ0v) is 21.3. The highest BCUT2D eigenvalue weighted by atomic mass is 16.8. The van der Waals surface area contributed by atoms with E-state index in [2.05, 4.69) is 4.98 Å². The number of carbonyl (C=O) groups excluding carboxylic acids is 2. The van der Waals surface area contributed by atoms with Crippen LogP contribution in [0.25, 0.3) is 10.9 Å². The SMILES string of the molecule is COc1ccc(C(O)C(C)N2CCC(c3c(O)[nH]c4ccccc34)CC23OC(=O)C=CC(=O)O3)cc1OC. The second kappa shape index (κ2) is 10.0. The van der Waals surface area contributed by atoms with Crippen molar-refractivity contribution >= 4 is 22.8 Å². The minimum Gasteiger partial charge on any atom is -0.494 e. The number of piperidine rings is 1. The van der Waals surface area contributed by atoms with Crippen molar-refractivity contribution in [3.8, 4) is 17.4 Å². The molecule has 1 spiro atoms. The smallest absolute Gasteiger partial charge is 0.335 e. The van der Waals surface area contributed by atoms with Crippen molar-refractivity contribution in [2.45, 2.75) is 43.7 Å². The molecule has 3 atom stereocenters. The Kier molecular flexibility index (Phi) is 6.77. The van der Waals surface area contributed by atoms with Gasteiger partial charge in [0.2, 0.25) is 0 Å². The molecule has 0 amide bonds. The van der Waals surface area contributed by atoms with Crippen LogP contribution in [0.3, 0.4) is 0 Å². The van der Waals surface area contributed by atoms with E-state index >= 15 is 0 Å². The number of rotatable bonds is 6. The number of H-pyrrole nitrogens is 1. The van der Waals surface area contributed by atoms with Gasteiger partial charge in [-0.3, -0.25) is 0 Å².